The van der Waals surface area contributed by atoms with Gasteiger partial charge >= 0.3 is 0 Å². The largest absolute Gasteiger partial charge is 0.494 e. The summed E-state index contributed by atoms with van der Waals surface area (Å²) < 4.78 is 6.92. The third-order valence-electron chi connectivity index (χ3n) is 4.16. The maximum Gasteiger partial charge on any atom is 0.263 e. The lowest BCUT2D eigenvalue weighted by molar-refractivity contribution is 0.102. The number of nitrogens with one attached hydrogen (secondary N) is 1. The lowest BCUT2D eigenvalue weighted by Crippen LogP contribution is -2.29. The zero-order valence-electron chi connectivity index (χ0n) is 15.4. The number of rotatable bonds is 6. The molecule has 0 atom stereocenters. The van der Waals surface area contributed by atoms with E-state index in [9.17, 15) is 9.59 Å². The number of aromatic nitrogens is 1. The molecule has 2 aromatic carbocycles. The molecule has 3 aromatic rings. The summed E-state index contributed by atoms with van der Waals surface area (Å²) in [4.78, 5) is 25.2. The first-order valence-electron chi connectivity index (χ1n) is 8.86. The van der Waals surface area contributed by atoms with Crippen molar-refractivity contribution in [3.63, 3.8) is 0 Å². The predicted molar refractivity (Wildman–Crippen MR) is 107 cm³/mol. The average Bonchev–Trinajstić information content (AvgIpc) is 2.67. The molecule has 0 aliphatic rings. The Morgan fingerprint density at radius 2 is 1.74 bits per heavy atom. The topological polar surface area (TPSA) is 60.3 Å². The maximum atomic E-state index is 12.7. The van der Waals surface area contributed by atoms with Gasteiger partial charge in [0.2, 0.25) is 0 Å². The Kier molecular flexibility index (Phi) is 5.71. The van der Waals surface area contributed by atoms with Gasteiger partial charge in [-0.3, -0.25) is 9.59 Å². The molecule has 0 aliphatic carbocycles. The molecule has 0 saturated carbocycles. The smallest absolute Gasteiger partial charge is 0.263 e. The van der Waals surface area contributed by atoms with Gasteiger partial charge in [0, 0.05) is 11.9 Å². The van der Waals surface area contributed by atoms with Crippen molar-refractivity contribution in [1.29, 1.82) is 0 Å². The van der Waals surface area contributed by atoms with Gasteiger partial charge in [0.05, 0.1) is 13.2 Å². The number of anilines is 1. The Bertz CT molecular complexity index is 974. The van der Waals surface area contributed by atoms with Crippen LogP contribution in [0.3, 0.4) is 0 Å². The van der Waals surface area contributed by atoms with Crippen LogP contribution >= 0.6 is 0 Å². The van der Waals surface area contributed by atoms with Crippen LogP contribution in [0.15, 0.2) is 71.7 Å². The van der Waals surface area contributed by atoms with Crippen molar-refractivity contribution in [1.82, 2.24) is 4.57 Å². The highest BCUT2D eigenvalue weighted by Crippen LogP contribution is 2.16. The van der Waals surface area contributed by atoms with E-state index in [1.54, 1.807) is 36.5 Å². The Morgan fingerprint density at radius 3 is 2.41 bits per heavy atom. The molecular formula is C22H22N2O3. The summed E-state index contributed by atoms with van der Waals surface area (Å²) in [5.41, 5.74) is 2.57. The number of nitrogens with zero attached hydrogens (tertiary/aromatic N) is 1. The predicted octanol–water partition coefficient (Wildman–Crippen LogP) is 3.86. The number of hydrogen-bond acceptors (Lipinski definition) is 3. The van der Waals surface area contributed by atoms with Crippen LogP contribution < -0.4 is 15.6 Å². The van der Waals surface area contributed by atoms with Gasteiger partial charge in [-0.25, -0.2) is 0 Å². The van der Waals surface area contributed by atoms with E-state index in [0.29, 0.717) is 18.8 Å². The van der Waals surface area contributed by atoms with Gasteiger partial charge in [-0.2, -0.15) is 0 Å². The summed E-state index contributed by atoms with van der Waals surface area (Å²) in [6, 6.07) is 18.3. The van der Waals surface area contributed by atoms with Crippen LogP contribution in [0.5, 0.6) is 5.75 Å². The maximum absolute atomic E-state index is 12.7. The first kappa shape index (κ1) is 18.5. The fourth-order valence-electron chi connectivity index (χ4n) is 2.72. The fourth-order valence-corrected chi connectivity index (χ4v) is 2.72. The molecule has 5 heteroatoms. The molecular weight excluding hydrogens is 340 g/mol. The number of hydrogen-bond donors (Lipinski definition) is 1. The number of ether oxygens (including phenoxy) is 1. The van der Waals surface area contributed by atoms with Gasteiger partial charge in [0.25, 0.3) is 11.5 Å². The zero-order valence-corrected chi connectivity index (χ0v) is 15.4. The molecule has 0 aliphatic heterocycles. The number of carbonyl (C=O) groups excluding carboxylic acids is 1. The number of benzene rings is 2. The summed E-state index contributed by atoms with van der Waals surface area (Å²) in [5.74, 6) is 0.304. The Balaban J connectivity index is 1.77. The number of amides is 1. The first-order valence-corrected chi connectivity index (χ1v) is 8.86. The highest BCUT2D eigenvalue weighted by atomic mass is 16.5. The molecule has 1 N–H and O–H groups in total. The van der Waals surface area contributed by atoms with E-state index in [1.807, 2.05) is 38.1 Å². The lowest BCUT2D eigenvalue weighted by atomic mass is 10.1. The summed E-state index contributed by atoms with van der Waals surface area (Å²) in [7, 11) is 0. The first-order chi connectivity index (χ1) is 13.1. The minimum Gasteiger partial charge on any atom is -0.494 e. The van der Waals surface area contributed by atoms with E-state index < -0.39 is 5.91 Å². The summed E-state index contributed by atoms with van der Waals surface area (Å²) in [5, 5.41) is 2.76. The molecule has 0 saturated heterocycles. The molecule has 5 nitrogen and oxygen atoms in total. The van der Waals surface area contributed by atoms with Crippen LogP contribution in [-0.4, -0.2) is 17.1 Å². The molecule has 138 valence electrons. The van der Waals surface area contributed by atoms with Crippen LogP contribution in [0.1, 0.15) is 28.4 Å². The van der Waals surface area contributed by atoms with Crippen molar-refractivity contribution in [3.8, 4) is 5.75 Å². The molecule has 0 radical (unpaired) electrons. The Hall–Kier alpha value is -3.34. The fraction of sp³-hybridized carbons (Fsp3) is 0.182. The minimum absolute atomic E-state index is 0.110. The summed E-state index contributed by atoms with van der Waals surface area (Å²) in [6.07, 6.45) is 1.69. The standard InChI is InChI=1S/C22H22N2O3/c1-3-27-19-12-10-18(11-13-19)23-21(25)20-5-4-14-24(22(20)26)15-17-8-6-16(2)7-9-17/h4-14H,3,15H2,1-2H3,(H,23,25). The van der Waals surface area contributed by atoms with Gasteiger partial charge < -0.3 is 14.6 Å². The highest BCUT2D eigenvalue weighted by Gasteiger charge is 2.12. The summed E-state index contributed by atoms with van der Waals surface area (Å²) in [6.45, 7) is 4.92. The van der Waals surface area contributed by atoms with Crippen LogP contribution in [-0.2, 0) is 6.54 Å². The average molecular weight is 362 g/mol. The van der Waals surface area contributed by atoms with Crippen LogP contribution in [0.25, 0.3) is 0 Å². The second kappa shape index (κ2) is 8.36. The minimum atomic E-state index is -0.428. The quantitative estimate of drug-likeness (QED) is 0.724. The number of pyridine rings is 1. The molecule has 1 amide bonds. The Labute approximate surface area is 158 Å². The van der Waals surface area contributed by atoms with Crippen molar-refractivity contribution < 1.29 is 9.53 Å². The van der Waals surface area contributed by atoms with Gasteiger partial charge in [0.15, 0.2) is 0 Å². The third kappa shape index (κ3) is 4.64. The van der Waals surface area contributed by atoms with Gasteiger partial charge in [-0.1, -0.05) is 29.8 Å². The monoisotopic (exact) mass is 362 g/mol. The van der Waals surface area contributed by atoms with Crippen LogP contribution in [0.4, 0.5) is 5.69 Å². The van der Waals surface area contributed by atoms with E-state index in [2.05, 4.69) is 5.32 Å². The van der Waals surface area contributed by atoms with Crippen LogP contribution in [0.2, 0.25) is 0 Å². The molecule has 0 fully saturated rings. The van der Waals surface area contributed by atoms with Crippen molar-refractivity contribution in [2.45, 2.75) is 20.4 Å². The molecule has 1 aromatic heterocycles. The van der Waals surface area contributed by atoms with E-state index in [1.165, 1.54) is 10.6 Å². The second-order valence-electron chi connectivity index (χ2n) is 6.25. The van der Waals surface area contributed by atoms with E-state index in [-0.39, 0.29) is 11.1 Å². The van der Waals surface area contributed by atoms with Crippen molar-refractivity contribution in [2.75, 3.05) is 11.9 Å². The lowest BCUT2D eigenvalue weighted by Gasteiger charge is -2.10. The number of aryl methyl sites for hydroxylation is 1. The number of carbonyl (C=O) groups is 1. The molecule has 0 unspecified atom stereocenters. The van der Waals surface area contributed by atoms with Gasteiger partial charge in [-0.05, 0) is 55.8 Å². The SMILES string of the molecule is CCOc1ccc(NC(=O)c2cccn(Cc3ccc(C)cc3)c2=O)cc1. The molecule has 1 heterocycles. The van der Waals surface area contributed by atoms with Gasteiger partial charge in [-0.15, -0.1) is 0 Å². The molecule has 0 bridgehead atoms. The van der Waals surface area contributed by atoms with Crippen molar-refractivity contribution >= 4 is 11.6 Å². The van der Waals surface area contributed by atoms with E-state index in [4.69, 9.17) is 4.74 Å². The zero-order chi connectivity index (χ0) is 19.2. The van der Waals surface area contributed by atoms with Crippen molar-refractivity contribution in [3.05, 3.63) is 93.9 Å². The van der Waals surface area contributed by atoms with Gasteiger partial charge in [0.1, 0.15) is 11.3 Å². The van der Waals surface area contributed by atoms with E-state index >= 15 is 0 Å². The molecule has 0 spiro atoms. The summed E-state index contributed by atoms with van der Waals surface area (Å²) >= 11 is 0. The second-order valence-corrected chi connectivity index (χ2v) is 6.25. The molecule has 27 heavy (non-hydrogen) atoms. The normalized spacial score (nSPS) is 10.4. The van der Waals surface area contributed by atoms with E-state index in [0.717, 1.165) is 16.9 Å². The third-order valence-corrected chi connectivity index (χ3v) is 4.16. The van der Waals surface area contributed by atoms with Crippen molar-refractivity contribution in [2.24, 2.45) is 0 Å². The van der Waals surface area contributed by atoms with Crippen LogP contribution in [0, 0.1) is 6.92 Å². The Morgan fingerprint density at radius 1 is 1.04 bits per heavy atom. The highest BCUT2D eigenvalue weighted by molar-refractivity contribution is 6.04. The molecule has 3 rings (SSSR count).